The van der Waals surface area contributed by atoms with Crippen molar-refractivity contribution in [1.82, 2.24) is 48.7 Å². The molecular weight excluding hydrogens is 649 g/mol. The third kappa shape index (κ3) is 6.99. The van der Waals surface area contributed by atoms with Gasteiger partial charge in [-0.05, 0) is 98.7 Å². The van der Waals surface area contributed by atoms with Gasteiger partial charge in [-0.1, -0.05) is 51.4 Å². The van der Waals surface area contributed by atoms with Crippen molar-refractivity contribution in [2.75, 3.05) is 0 Å². The maximum Gasteiger partial charge on any atom is 0.0628 e. The van der Waals surface area contributed by atoms with Crippen LogP contribution < -0.4 is 48.7 Å². The number of nitrogens with one attached hydrogen (secondary N) is 8. The third-order valence-corrected chi connectivity index (χ3v) is 13.8. The molecule has 8 unspecified atom stereocenters. The Morgan fingerprint density at radius 1 is 0.348 bits per heavy atom. The van der Waals surface area contributed by atoms with Crippen molar-refractivity contribution in [3.05, 3.63) is 0 Å². The van der Waals surface area contributed by atoms with Crippen LogP contribution in [-0.4, -0.2) is 53.9 Å². The Kier molecular flexibility index (Phi) is 12.1. The molecule has 9 aliphatic rings. The summed E-state index contributed by atoms with van der Waals surface area (Å²) in [7, 11) is -2.86. The van der Waals surface area contributed by atoms with Crippen LogP contribution in [-0.2, 0) is 36.2 Å². The maximum atomic E-state index is 8.56. The zero-order chi connectivity index (χ0) is 29.8. The number of fused-ring (bicyclic) bond motifs is 20. The van der Waals surface area contributed by atoms with E-state index in [0.717, 1.165) is 47.3 Å². The normalized spacial score (nSPS) is 50.8. The molecule has 8 atom stereocenters. The van der Waals surface area contributed by atoms with Crippen LogP contribution in [0.25, 0.3) is 0 Å². The van der Waals surface area contributed by atoms with E-state index in [0.29, 0.717) is 49.3 Å². The summed E-state index contributed by atoms with van der Waals surface area (Å²) in [5, 5.41) is 33.8. The summed E-state index contributed by atoms with van der Waals surface area (Å²) in [6.45, 7) is 0. The molecule has 0 aromatic rings. The van der Waals surface area contributed by atoms with Crippen LogP contribution in [0.4, 0.5) is 0 Å². The van der Waals surface area contributed by atoms with E-state index in [4.69, 9.17) is 13.0 Å². The van der Waals surface area contributed by atoms with Crippen LogP contribution in [0, 0.1) is 47.3 Å². The van der Waals surface area contributed by atoms with Crippen LogP contribution >= 0.6 is 0 Å². The Morgan fingerprint density at radius 2 is 0.457 bits per heavy atom. The van der Waals surface area contributed by atoms with E-state index in [1.807, 2.05) is 0 Å². The van der Waals surface area contributed by atoms with Gasteiger partial charge in [-0.25, -0.2) is 0 Å². The topological polar surface area (TPSA) is 186 Å². The van der Waals surface area contributed by atoms with Crippen LogP contribution in [0.5, 0.6) is 0 Å². The molecule has 12 N–H and O–H groups in total. The fraction of sp³-hybridized carbons (Fsp3) is 1.00. The molecule has 4 aliphatic carbocycles. The van der Waals surface area contributed by atoms with E-state index in [9.17, 15) is 0 Å². The average molecular weight is 710 g/mol. The van der Waals surface area contributed by atoms with Crippen LogP contribution in [0.1, 0.15) is 103 Å². The molecular formula is C32H60CoN9O3S-. The molecule has 0 aromatic carbocycles. The summed E-state index contributed by atoms with van der Waals surface area (Å²) in [6.07, 6.45) is 25.6. The molecule has 9 rings (SSSR count). The predicted molar refractivity (Wildman–Crippen MR) is 174 cm³/mol. The molecule has 0 aromatic heterocycles. The minimum Gasteiger partial charge on any atom is -0.439 e. The van der Waals surface area contributed by atoms with Crippen molar-refractivity contribution in [3.63, 3.8) is 0 Å². The Labute approximate surface area is 288 Å². The molecule has 1 radical (unpaired) electrons. The smallest absolute Gasteiger partial charge is 0.0628 e. The van der Waals surface area contributed by atoms with Gasteiger partial charge in [-0.3, -0.25) is 42.5 Å². The molecule has 4 saturated carbocycles. The molecule has 267 valence electrons. The van der Waals surface area contributed by atoms with Crippen molar-refractivity contribution in [2.45, 2.75) is 152 Å². The molecule has 46 heavy (non-hydrogen) atoms. The first-order chi connectivity index (χ1) is 21.5. The average Bonchev–Trinajstić information content (AvgIpc) is 3.76. The first-order valence-electron chi connectivity index (χ1n) is 18.4. The second-order valence-electron chi connectivity index (χ2n) is 15.8. The Bertz CT molecular complexity index is 877. The number of hydrogen-bond acceptors (Lipinski definition) is 12. The third-order valence-electron chi connectivity index (χ3n) is 13.8. The standard InChI is InChI=1S/C32H56N8.Co.H3N.HO3S/c1-2-10-18-17(9-1)25-33-26(18)38-28-21-13-5-6-14-22(21)30(35-28)40-32-24-16-8-7-15-23(24)31(36-32)39-29-20-12-4-3-11-19(20)27(34-29)37-25;;;1-4(2)3/h17-40H,1-16H2;;1H3;(H,1,2,3)/q;;;-1. The van der Waals surface area contributed by atoms with E-state index >= 15 is 0 Å². The molecule has 0 spiro atoms. The summed E-state index contributed by atoms with van der Waals surface area (Å²) < 4.78 is 24.1. The van der Waals surface area contributed by atoms with E-state index in [1.165, 1.54) is 103 Å². The van der Waals surface area contributed by atoms with Gasteiger partial charge in [0.2, 0.25) is 0 Å². The maximum absolute atomic E-state index is 8.56. The SMILES string of the molecule is C1CCC2C3NC(NC4NC(NC5NC(NC6NC(N3)C3CCCCC63)C3CCCCC53)C3CCCCC43)C2C1.N.O=[S-](=O)O.[Co]. The van der Waals surface area contributed by atoms with Crippen molar-refractivity contribution >= 4 is 11.0 Å². The molecule has 5 saturated heterocycles. The molecule has 5 aliphatic heterocycles. The fourth-order valence-corrected chi connectivity index (χ4v) is 12.0. The molecule has 0 amide bonds. The van der Waals surface area contributed by atoms with Gasteiger partial charge in [-0.2, -0.15) is 0 Å². The first-order valence-corrected chi connectivity index (χ1v) is 19.4. The van der Waals surface area contributed by atoms with E-state index in [1.54, 1.807) is 0 Å². The number of rotatable bonds is 0. The first kappa shape index (κ1) is 35.9. The zero-order valence-electron chi connectivity index (χ0n) is 27.3. The van der Waals surface area contributed by atoms with Crippen LogP contribution in [0.3, 0.4) is 0 Å². The molecule has 14 heteroatoms. The zero-order valence-corrected chi connectivity index (χ0v) is 29.1. The molecule has 9 fully saturated rings. The summed E-state index contributed by atoms with van der Waals surface area (Å²) in [5.74, 6) is 5.97. The fourth-order valence-electron chi connectivity index (χ4n) is 12.0. The van der Waals surface area contributed by atoms with Crippen LogP contribution in [0.2, 0.25) is 0 Å². The monoisotopic (exact) mass is 709 g/mol. The van der Waals surface area contributed by atoms with Gasteiger partial charge in [-0.15, -0.1) is 0 Å². The minimum atomic E-state index is -2.86. The summed E-state index contributed by atoms with van der Waals surface area (Å²) in [6, 6.07) is 0. The van der Waals surface area contributed by atoms with Crippen molar-refractivity contribution in [1.29, 1.82) is 0 Å². The summed E-state index contributed by atoms with van der Waals surface area (Å²) in [4.78, 5) is 0. The second-order valence-corrected chi connectivity index (χ2v) is 16.3. The van der Waals surface area contributed by atoms with Crippen molar-refractivity contribution in [3.8, 4) is 0 Å². The van der Waals surface area contributed by atoms with E-state index in [2.05, 4.69) is 42.5 Å². The van der Waals surface area contributed by atoms with E-state index in [-0.39, 0.29) is 22.9 Å². The second kappa shape index (κ2) is 15.5. The van der Waals surface area contributed by atoms with Crippen LogP contribution in [0.15, 0.2) is 0 Å². The molecule has 8 bridgehead atoms. The summed E-state index contributed by atoms with van der Waals surface area (Å²) in [5.41, 5.74) is 0. The van der Waals surface area contributed by atoms with Crippen molar-refractivity contribution < 1.29 is 29.7 Å². The predicted octanol–water partition coefficient (Wildman–Crippen LogP) is 2.53. The Morgan fingerprint density at radius 3 is 0.565 bits per heavy atom. The van der Waals surface area contributed by atoms with Gasteiger partial charge in [0, 0.05) is 27.8 Å². The largest absolute Gasteiger partial charge is 0.439 e. The molecule has 5 heterocycles. The van der Waals surface area contributed by atoms with Gasteiger partial charge in [0.05, 0.1) is 49.3 Å². The van der Waals surface area contributed by atoms with Crippen molar-refractivity contribution in [2.24, 2.45) is 47.3 Å². The van der Waals surface area contributed by atoms with Gasteiger partial charge in [0.1, 0.15) is 0 Å². The van der Waals surface area contributed by atoms with Gasteiger partial charge < -0.3 is 19.1 Å². The Hall–Kier alpha value is 0.0565. The summed E-state index contributed by atoms with van der Waals surface area (Å²) >= 11 is 0. The van der Waals surface area contributed by atoms with E-state index < -0.39 is 11.0 Å². The van der Waals surface area contributed by atoms with Gasteiger partial charge in [0.15, 0.2) is 0 Å². The van der Waals surface area contributed by atoms with Gasteiger partial charge in [0.25, 0.3) is 0 Å². The Balaban J connectivity index is 0.000000588. The number of hydrogen-bond donors (Lipinski definition) is 10. The quantitative estimate of drug-likeness (QED) is 0.101. The molecule has 12 nitrogen and oxygen atoms in total. The minimum absolute atomic E-state index is 0. The van der Waals surface area contributed by atoms with Gasteiger partial charge >= 0.3 is 0 Å².